The number of aromatic nitrogens is 1. The number of alkyl halides is 3. The number of halogens is 3. The molecular formula is C7H6F3NOS. The summed E-state index contributed by atoms with van der Waals surface area (Å²) < 4.78 is 36.0. The average Bonchev–Trinajstić information content (AvgIpc) is 2.50. The second-order valence-electron chi connectivity index (χ2n) is 2.30. The first-order valence-electron chi connectivity index (χ1n) is 3.51. The van der Waals surface area contributed by atoms with E-state index in [0.29, 0.717) is 11.3 Å². The van der Waals surface area contributed by atoms with Gasteiger partial charge in [0.25, 0.3) is 0 Å². The summed E-state index contributed by atoms with van der Waals surface area (Å²) in [5, 5.41) is -0.968. The molecule has 0 N–H and O–H groups in total. The highest BCUT2D eigenvalue weighted by molar-refractivity contribution is 7.13. The molecule has 0 aliphatic rings. The molecule has 0 atom stereocenters. The molecule has 0 amide bonds. The van der Waals surface area contributed by atoms with E-state index in [9.17, 15) is 18.0 Å². The topological polar surface area (TPSA) is 30.0 Å². The second kappa shape index (κ2) is 3.45. The van der Waals surface area contributed by atoms with Crippen molar-refractivity contribution in [1.82, 2.24) is 4.98 Å². The Hall–Kier alpha value is -0.910. The van der Waals surface area contributed by atoms with E-state index in [2.05, 4.69) is 4.98 Å². The summed E-state index contributed by atoms with van der Waals surface area (Å²) in [4.78, 5) is 14.2. The van der Waals surface area contributed by atoms with Gasteiger partial charge in [0.2, 0.25) is 0 Å². The third-order valence-corrected chi connectivity index (χ3v) is 2.43. The number of hydrogen-bond acceptors (Lipinski definition) is 3. The number of carbonyl (C=O) groups is 1. The van der Waals surface area contributed by atoms with E-state index >= 15 is 0 Å². The summed E-state index contributed by atoms with van der Waals surface area (Å²) in [5.41, 5.74) is 0. The predicted octanol–water partition coefficient (Wildman–Crippen LogP) is 2.75. The van der Waals surface area contributed by atoms with Crippen molar-refractivity contribution in [3.8, 4) is 0 Å². The molecule has 0 saturated heterocycles. The Balaban J connectivity index is 2.93. The van der Waals surface area contributed by atoms with Crippen LogP contribution in [0.15, 0.2) is 6.20 Å². The maximum absolute atomic E-state index is 12.0. The molecular weight excluding hydrogens is 203 g/mol. The monoisotopic (exact) mass is 209 g/mol. The number of hydrogen-bond donors (Lipinski definition) is 0. The van der Waals surface area contributed by atoms with Gasteiger partial charge in [0.1, 0.15) is 0 Å². The molecule has 1 aromatic rings. The van der Waals surface area contributed by atoms with Crippen LogP contribution in [0.4, 0.5) is 13.2 Å². The standard InChI is InChI=1S/C7H6F3NOS/c1-2-4(12)5-3-11-6(13-5)7(8,9)10/h3H,2H2,1H3. The molecule has 13 heavy (non-hydrogen) atoms. The Morgan fingerprint density at radius 1 is 1.62 bits per heavy atom. The lowest BCUT2D eigenvalue weighted by atomic mass is 10.3. The van der Waals surface area contributed by atoms with Gasteiger partial charge in [0, 0.05) is 12.6 Å². The molecule has 1 aromatic heterocycles. The summed E-state index contributed by atoms with van der Waals surface area (Å²) in [7, 11) is 0. The van der Waals surface area contributed by atoms with Gasteiger partial charge in [0.15, 0.2) is 10.8 Å². The van der Waals surface area contributed by atoms with Gasteiger partial charge in [0.05, 0.1) is 4.88 Å². The zero-order valence-electron chi connectivity index (χ0n) is 6.68. The summed E-state index contributed by atoms with van der Waals surface area (Å²) >= 11 is 0.387. The zero-order valence-corrected chi connectivity index (χ0v) is 7.50. The first-order chi connectivity index (χ1) is 5.95. The van der Waals surface area contributed by atoms with Gasteiger partial charge in [-0.05, 0) is 0 Å². The summed E-state index contributed by atoms with van der Waals surface area (Å²) in [6.07, 6.45) is -3.28. The Kier molecular flexibility index (Phi) is 2.70. The van der Waals surface area contributed by atoms with Crippen LogP contribution in [-0.2, 0) is 6.18 Å². The predicted molar refractivity (Wildman–Crippen MR) is 41.7 cm³/mol. The summed E-state index contributed by atoms with van der Waals surface area (Å²) in [6.45, 7) is 1.59. The van der Waals surface area contributed by atoms with Crippen molar-refractivity contribution in [1.29, 1.82) is 0 Å². The van der Waals surface area contributed by atoms with Crippen molar-refractivity contribution in [3.05, 3.63) is 16.1 Å². The van der Waals surface area contributed by atoms with E-state index in [1.807, 2.05) is 0 Å². The number of thiazole rings is 1. The van der Waals surface area contributed by atoms with Gasteiger partial charge >= 0.3 is 6.18 Å². The molecule has 0 unspecified atom stereocenters. The van der Waals surface area contributed by atoms with Gasteiger partial charge < -0.3 is 0 Å². The molecule has 2 nitrogen and oxygen atoms in total. The molecule has 0 radical (unpaired) electrons. The third-order valence-electron chi connectivity index (χ3n) is 1.34. The van der Waals surface area contributed by atoms with Crippen LogP contribution in [0.3, 0.4) is 0 Å². The van der Waals surface area contributed by atoms with Gasteiger partial charge in [-0.15, -0.1) is 11.3 Å². The van der Waals surface area contributed by atoms with Gasteiger partial charge in [-0.3, -0.25) is 4.79 Å². The van der Waals surface area contributed by atoms with Crippen LogP contribution < -0.4 is 0 Å². The van der Waals surface area contributed by atoms with E-state index in [-0.39, 0.29) is 17.1 Å². The largest absolute Gasteiger partial charge is 0.443 e. The molecule has 0 fully saturated rings. The first kappa shape index (κ1) is 10.2. The van der Waals surface area contributed by atoms with Crippen molar-refractivity contribution >= 4 is 17.1 Å². The Bertz CT molecular complexity index is 318. The lowest BCUT2D eigenvalue weighted by Crippen LogP contribution is -2.02. The molecule has 72 valence electrons. The van der Waals surface area contributed by atoms with E-state index < -0.39 is 11.2 Å². The number of nitrogens with zero attached hydrogens (tertiary/aromatic N) is 1. The molecule has 1 rings (SSSR count). The highest BCUT2D eigenvalue weighted by Crippen LogP contribution is 2.32. The van der Waals surface area contributed by atoms with Crippen LogP contribution in [0.25, 0.3) is 0 Å². The lowest BCUT2D eigenvalue weighted by molar-refractivity contribution is -0.137. The fraction of sp³-hybridized carbons (Fsp3) is 0.429. The molecule has 0 bridgehead atoms. The van der Waals surface area contributed by atoms with Crippen LogP contribution in [0.2, 0.25) is 0 Å². The van der Waals surface area contributed by atoms with E-state index in [1.165, 1.54) is 0 Å². The van der Waals surface area contributed by atoms with Crippen LogP contribution in [0.5, 0.6) is 0 Å². The number of rotatable bonds is 2. The molecule has 0 saturated carbocycles. The molecule has 0 aromatic carbocycles. The van der Waals surface area contributed by atoms with Gasteiger partial charge in [-0.25, -0.2) is 4.98 Å². The van der Waals surface area contributed by atoms with Crippen LogP contribution in [0, 0.1) is 0 Å². The van der Waals surface area contributed by atoms with Gasteiger partial charge in [-0.1, -0.05) is 6.92 Å². The van der Waals surface area contributed by atoms with E-state index in [1.54, 1.807) is 6.92 Å². The van der Waals surface area contributed by atoms with Crippen LogP contribution >= 0.6 is 11.3 Å². The minimum absolute atomic E-state index is 0.0647. The fourth-order valence-electron chi connectivity index (χ4n) is 0.708. The highest BCUT2D eigenvalue weighted by Gasteiger charge is 2.34. The van der Waals surface area contributed by atoms with Crippen molar-refractivity contribution in [2.45, 2.75) is 19.5 Å². The van der Waals surface area contributed by atoms with E-state index in [0.717, 1.165) is 6.20 Å². The number of carbonyl (C=O) groups excluding carboxylic acids is 1. The van der Waals surface area contributed by atoms with Crippen molar-refractivity contribution in [2.24, 2.45) is 0 Å². The maximum Gasteiger partial charge on any atom is 0.443 e. The SMILES string of the molecule is CCC(=O)c1cnc(C(F)(F)F)s1. The minimum atomic E-state index is -4.45. The molecule has 0 aliphatic heterocycles. The van der Waals surface area contributed by atoms with E-state index in [4.69, 9.17) is 0 Å². The minimum Gasteiger partial charge on any atom is -0.293 e. The Morgan fingerprint density at radius 3 is 2.62 bits per heavy atom. The normalized spacial score (nSPS) is 11.7. The molecule has 6 heteroatoms. The van der Waals surface area contributed by atoms with Crippen molar-refractivity contribution in [2.75, 3.05) is 0 Å². The second-order valence-corrected chi connectivity index (χ2v) is 3.33. The molecule has 0 spiro atoms. The number of ketones is 1. The average molecular weight is 209 g/mol. The highest BCUT2D eigenvalue weighted by atomic mass is 32.1. The zero-order chi connectivity index (χ0) is 10.1. The van der Waals surface area contributed by atoms with Crippen LogP contribution in [0.1, 0.15) is 28.0 Å². The quantitative estimate of drug-likeness (QED) is 0.701. The molecule has 0 aliphatic carbocycles. The molecule has 1 heterocycles. The number of Topliss-reactive ketones (excluding diaryl/α,β-unsaturated/α-hetero) is 1. The Labute approximate surface area is 76.4 Å². The fourth-order valence-corrected chi connectivity index (χ4v) is 1.50. The van der Waals surface area contributed by atoms with Crippen molar-refractivity contribution in [3.63, 3.8) is 0 Å². The van der Waals surface area contributed by atoms with Crippen LogP contribution in [-0.4, -0.2) is 10.8 Å². The smallest absolute Gasteiger partial charge is 0.293 e. The lowest BCUT2D eigenvalue weighted by Gasteiger charge is -1.98. The maximum atomic E-state index is 12.0. The van der Waals surface area contributed by atoms with Crippen molar-refractivity contribution < 1.29 is 18.0 Å². The third kappa shape index (κ3) is 2.27. The first-order valence-corrected chi connectivity index (χ1v) is 4.33. The Morgan fingerprint density at radius 2 is 2.23 bits per heavy atom. The summed E-state index contributed by atoms with van der Waals surface area (Å²) in [6, 6.07) is 0. The van der Waals surface area contributed by atoms with Gasteiger partial charge in [-0.2, -0.15) is 13.2 Å². The summed E-state index contributed by atoms with van der Waals surface area (Å²) in [5.74, 6) is -0.312.